The lowest BCUT2D eigenvalue weighted by atomic mass is 10.2. The molecule has 0 aromatic heterocycles. The van der Waals surface area contributed by atoms with E-state index in [1.807, 2.05) is 0 Å². The number of aliphatic hydroxyl groups excluding tert-OH is 1. The maximum absolute atomic E-state index is 8.58. The van der Waals surface area contributed by atoms with E-state index in [9.17, 15) is 0 Å². The van der Waals surface area contributed by atoms with Crippen molar-refractivity contribution in [3.05, 3.63) is 48.6 Å². The lowest BCUT2D eigenvalue weighted by Crippen LogP contribution is -1.77. The van der Waals surface area contributed by atoms with Crippen LogP contribution >= 0.6 is 0 Å². The molecule has 0 bridgehead atoms. The molecule has 0 aromatic carbocycles. The van der Waals surface area contributed by atoms with E-state index >= 15 is 0 Å². The van der Waals surface area contributed by atoms with Crippen LogP contribution in [0.5, 0.6) is 0 Å². The summed E-state index contributed by atoms with van der Waals surface area (Å²) in [5.74, 6) is 0. The Morgan fingerprint density at radius 2 is 1.18 bits per heavy atom. The minimum Gasteiger partial charge on any atom is -0.396 e. The van der Waals surface area contributed by atoms with Crippen molar-refractivity contribution in [1.82, 2.24) is 0 Å². The Morgan fingerprint density at radius 3 is 1.65 bits per heavy atom. The molecule has 0 aliphatic heterocycles. The Balaban J connectivity index is 3.32. The molecule has 0 rings (SSSR count). The third-order valence-electron chi connectivity index (χ3n) is 2.27. The van der Waals surface area contributed by atoms with E-state index in [-0.39, 0.29) is 6.61 Å². The van der Waals surface area contributed by atoms with E-state index in [2.05, 4.69) is 55.5 Å². The van der Waals surface area contributed by atoms with Gasteiger partial charge in [-0.05, 0) is 38.5 Å². The number of allylic oxidation sites excluding steroid dienone is 8. The van der Waals surface area contributed by atoms with Crippen molar-refractivity contribution in [2.75, 3.05) is 6.61 Å². The highest BCUT2D eigenvalue weighted by Crippen LogP contribution is 1.99. The second-order valence-corrected chi connectivity index (χ2v) is 3.92. The van der Waals surface area contributed by atoms with Crippen molar-refractivity contribution in [1.29, 1.82) is 0 Å². The van der Waals surface area contributed by atoms with Gasteiger partial charge in [0, 0.05) is 6.61 Å². The Kier molecular flexibility index (Phi) is 14.0. The van der Waals surface area contributed by atoms with Gasteiger partial charge in [-0.1, -0.05) is 55.5 Å². The fourth-order valence-electron chi connectivity index (χ4n) is 1.30. The van der Waals surface area contributed by atoms with Gasteiger partial charge < -0.3 is 5.11 Å². The molecule has 0 spiro atoms. The molecule has 1 N–H and O–H groups in total. The SMILES string of the molecule is CC/C=C\C=C/CCC/C=C/C=C/CCCO. The molecule has 0 aromatic rings. The highest BCUT2D eigenvalue weighted by molar-refractivity contribution is 5.03. The van der Waals surface area contributed by atoms with Crippen LogP contribution in [-0.2, 0) is 0 Å². The quantitative estimate of drug-likeness (QED) is 0.434. The van der Waals surface area contributed by atoms with Crippen LogP contribution in [0, 0.1) is 0 Å². The van der Waals surface area contributed by atoms with Gasteiger partial charge in [-0.15, -0.1) is 0 Å². The van der Waals surface area contributed by atoms with Gasteiger partial charge in [0.05, 0.1) is 0 Å². The van der Waals surface area contributed by atoms with E-state index < -0.39 is 0 Å². The maximum atomic E-state index is 8.58. The number of unbranched alkanes of at least 4 members (excludes halogenated alkanes) is 3. The Labute approximate surface area is 106 Å². The smallest absolute Gasteiger partial charge is 0.0433 e. The minimum absolute atomic E-state index is 0.285. The third-order valence-corrected chi connectivity index (χ3v) is 2.27. The Bertz CT molecular complexity index is 246. The molecule has 0 atom stereocenters. The normalized spacial score (nSPS) is 12.8. The number of hydrogen-bond acceptors (Lipinski definition) is 1. The van der Waals surface area contributed by atoms with Gasteiger partial charge in [-0.3, -0.25) is 0 Å². The summed E-state index contributed by atoms with van der Waals surface area (Å²) in [5.41, 5.74) is 0. The lowest BCUT2D eigenvalue weighted by Gasteiger charge is -1.89. The summed E-state index contributed by atoms with van der Waals surface area (Å²) in [6.07, 6.45) is 23.5. The molecule has 0 saturated heterocycles. The van der Waals surface area contributed by atoms with Gasteiger partial charge >= 0.3 is 0 Å². The zero-order chi connectivity index (χ0) is 12.6. The lowest BCUT2D eigenvalue weighted by molar-refractivity contribution is 0.289. The van der Waals surface area contributed by atoms with E-state index in [0.717, 1.165) is 32.1 Å². The van der Waals surface area contributed by atoms with Crippen molar-refractivity contribution < 1.29 is 5.11 Å². The summed E-state index contributed by atoms with van der Waals surface area (Å²) in [5, 5.41) is 8.58. The summed E-state index contributed by atoms with van der Waals surface area (Å²) in [6.45, 7) is 2.43. The zero-order valence-corrected chi connectivity index (χ0v) is 11.0. The Morgan fingerprint density at radius 1 is 0.706 bits per heavy atom. The first-order chi connectivity index (χ1) is 8.41. The highest BCUT2D eigenvalue weighted by Gasteiger charge is 1.79. The summed E-state index contributed by atoms with van der Waals surface area (Å²) >= 11 is 0. The number of hydrogen-bond donors (Lipinski definition) is 1. The average molecular weight is 234 g/mol. The van der Waals surface area contributed by atoms with Gasteiger partial charge in [0.25, 0.3) is 0 Å². The van der Waals surface area contributed by atoms with Gasteiger partial charge in [0.1, 0.15) is 0 Å². The molecule has 1 heteroatoms. The van der Waals surface area contributed by atoms with Crippen molar-refractivity contribution in [3.8, 4) is 0 Å². The van der Waals surface area contributed by atoms with Gasteiger partial charge in [0.2, 0.25) is 0 Å². The van der Waals surface area contributed by atoms with Crippen LogP contribution in [0.2, 0.25) is 0 Å². The molecule has 0 amide bonds. The van der Waals surface area contributed by atoms with Crippen LogP contribution in [-0.4, -0.2) is 11.7 Å². The first kappa shape index (κ1) is 15.9. The summed E-state index contributed by atoms with van der Waals surface area (Å²) in [6, 6.07) is 0. The number of rotatable bonds is 10. The molecule has 0 aliphatic rings. The third kappa shape index (κ3) is 14.9. The monoisotopic (exact) mass is 234 g/mol. The predicted octanol–water partition coefficient (Wildman–Crippen LogP) is 4.56. The van der Waals surface area contributed by atoms with Crippen molar-refractivity contribution in [3.63, 3.8) is 0 Å². The maximum Gasteiger partial charge on any atom is 0.0433 e. The summed E-state index contributed by atoms with van der Waals surface area (Å²) < 4.78 is 0. The zero-order valence-electron chi connectivity index (χ0n) is 11.0. The molecular formula is C16H26O. The standard InChI is InChI=1S/C16H26O/c1-2-3-4-5-6-7-8-9-10-11-12-13-14-15-16-17/h3-6,10-13,17H,2,7-9,14-16H2,1H3/b4-3-,6-5-,11-10+,13-12+. The van der Waals surface area contributed by atoms with Crippen LogP contribution < -0.4 is 0 Å². The minimum atomic E-state index is 0.285. The second kappa shape index (κ2) is 14.9. The Hall–Kier alpha value is -1.08. The molecule has 0 unspecified atom stereocenters. The van der Waals surface area contributed by atoms with Crippen molar-refractivity contribution in [2.45, 2.75) is 45.4 Å². The fourth-order valence-corrected chi connectivity index (χ4v) is 1.30. The summed E-state index contributed by atoms with van der Waals surface area (Å²) in [7, 11) is 0. The highest BCUT2D eigenvalue weighted by atomic mass is 16.2. The largest absolute Gasteiger partial charge is 0.396 e. The molecule has 0 heterocycles. The molecule has 0 saturated carbocycles. The van der Waals surface area contributed by atoms with E-state index in [1.54, 1.807) is 0 Å². The van der Waals surface area contributed by atoms with Crippen LogP contribution in [0.3, 0.4) is 0 Å². The van der Waals surface area contributed by atoms with Crippen LogP contribution in [0.25, 0.3) is 0 Å². The van der Waals surface area contributed by atoms with Crippen molar-refractivity contribution >= 4 is 0 Å². The van der Waals surface area contributed by atoms with Gasteiger partial charge in [-0.25, -0.2) is 0 Å². The van der Waals surface area contributed by atoms with E-state index in [4.69, 9.17) is 5.11 Å². The molecule has 0 radical (unpaired) electrons. The molecule has 0 aliphatic carbocycles. The average Bonchev–Trinajstić information content (AvgIpc) is 2.35. The van der Waals surface area contributed by atoms with E-state index in [0.29, 0.717) is 0 Å². The van der Waals surface area contributed by atoms with Gasteiger partial charge in [0.15, 0.2) is 0 Å². The molecule has 0 fully saturated rings. The first-order valence-corrected chi connectivity index (χ1v) is 6.66. The summed E-state index contributed by atoms with van der Waals surface area (Å²) in [4.78, 5) is 0. The number of aliphatic hydroxyl groups is 1. The molecule has 1 nitrogen and oxygen atoms in total. The molecular weight excluding hydrogens is 208 g/mol. The van der Waals surface area contributed by atoms with Crippen LogP contribution in [0.4, 0.5) is 0 Å². The van der Waals surface area contributed by atoms with Crippen LogP contribution in [0.15, 0.2) is 48.6 Å². The fraction of sp³-hybridized carbons (Fsp3) is 0.500. The molecule has 17 heavy (non-hydrogen) atoms. The second-order valence-electron chi connectivity index (χ2n) is 3.92. The topological polar surface area (TPSA) is 20.2 Å². The molecule has 96 valence electrons. The van der Waals surface area contributed by atoms with Crippen LogP contribution in [0.1, 0.15) is 45.4 Å². The van der Waals surface area contributed by atoms with Crippen molar-refractivity contribution in [2.24, 2.45) is 0 Å². The van der Waals surface area contributed by atoms with E-state index in [1.165, 1.54) is 6.42 Å². The first-order valence-electron chi connectivity index (χ1n) is 6.66. The van der Waals surface area contributed by atoms with Gasteiger partial charge in [-0.2, -0.15) is 0 Å². The predicted molar refractivity (Wildman–Crippen MR) is 77.0 cm³/mol.